The Bertz CT molecular complexity index is 992. The maximum absolute atomic E-state index is 12.4. The number of rotatable bonds is 5. The molecule has 28 heavy (non-hydrogen) atoms. The molecule has 0 bridgehead atoms. The lowest BCUT2D eigenvalue weighted by Crippen LogP contribution is -2.17. The number of amides is 1. The number of carbonyl (C=O) groups excluding carboxylic acids is 1. The molecule has 0 unspecified atom stereocenters. The van der Waals surface area contributed by atoms with E-state index in [1.54, 1.807) is 25.3 Å². The highest BCUT2D eigenvalue weighted by Gasteiger charge is 2.14. The Morgan fingerprint density at radius 3 is 2.64 bits per heavy atom. The smallest absolute Gasteiger partial charge is 0.275 e. The average molecular weight is 378 g/mol. The number of ether oxygens (including phenoxy) is 3. The van der Waals surface area contributed by atoms with E-state index in [2.05, 4.69) is 20.6 Å². The molecule has 0 spiro atoms. The lowest BCUT2D eigenvalue weighted by Gasteiger charge is -2.18. The van der Waals surface area contributed by atoms with Crippen molar-refractivity contribution >= 4 is 23.1 Å². The van der Waals surface area contributed by atoms with Crippen molar-refractivity contribution in [3.8, 4) is 17.2 Å². The zero-order valence-corrected chi connectivity index (χ0v) is 15.1. The standard InChI is InChI=1S/C20H18N4O4/c1-26-15-4-2-3-13(9-15)23-19-12-21-16(11-22-19)20(25)24-14-5-6-17-18(10-14)28-8-7-27-17/h2-6,9-12H,7-8H2,1H3,(H,22,23)(H,24,25). The van der Waals surface area contributed by atoms with Crippen molar-refractivity contribution in [2.75, 3.05) is 31.0 Å². The van der Waals surface area contributed by atoms with E-state index < -0.39 is 0 Å². The van der Waals surface area contributed by atoms with Gasteiger partial charge in [0.1, 0.15) is 30.5 Å². The van der Waals surface area contributed by atoms with Crippen LogP contribution < -0.4 is 24.8 Å². The Labute approximate surface area is 161 Å². The van der Waals surface area contributed by atoms with Crippen LogP contribution >= 0.6 is 0 Å². The van der Waals surface area contributed by atoms with Crippen molar-refractivity contribution in [1.82, 2.24) is 9.97 Å². The van der Waals surface area contributed by atoms with Crippen LogP contribution in [0.1, 0.15) is 10.5 Å². The number of methoxy groups -OCH3 is 1. The molecule has 0 aliphatic carbocycles. The number of aromatic nitrogens is 2. The van der Waals surface area contributed by atoms with Crippen LogP contribution in [0.5, 0.6) is 17.2 Å². The van der Waals surface area contributed by atoms with Crippen LogP contribution in [0.15, 0.2) is 54.9 Å². The fourth-order valence-electron chi connectivity index (χ4n) is 2.67. The molecule has 1 aliphatic rings. The number of carbonyl (C=O) groups is 1. The fraction of sp³-hybridized carbons (Fsp3) is 0.150. The summed E-state index contributed by atoms with van der Waals surface area (Å²) in [5.41, 5.74) is 1.60. The molecule has 142 valence electrons. The van der Waals surface area contributed by atoms with Gasteiger partial charge in [0.25, 0.3) is 5.91 Å². The molecule has 0 saturated carbocycles. The predicted octanol–water partition coefficient (Wildman–Crippen LogP) is 3.25. The van der Waals surface area contributed by atoms with E-state index in [1.807, 2.05) is 24.3 Å². The van der Waals surface area contributed by atoms with E-state index in [0.717, 1.165) is 11.4 Å². The molecular weight excluding hydrogens is 360 g/mol. The number of hydrogen-bond acceptors (Lipinski definition) is 7. The van der Waals surface area contributed by atoms with E-state index in [-0.39, 0.29) is 11.6 Å². The normalized spacial score (nSPS) is 12.2. The Balaban J connectivity index is 1.42. The second-order valence-corrected chi connectivity index (χ2v) is 5.96. The van der Waals surface area contributed by atoms with Gasteiger partial charge in [0.05, 0.1) is 19.5 Å². The summed E-state index contributed by atoms with van der Waals surface area (Å²) in [6.45, 7) is 1.00. The first-order valence-electron chi connectivity index (χ1n) is 8.65. The molecule has 0 radical (unpaired) electrons. The van der Waals surface area contributed by atoms with Crippen LogP contribution in [0.3, 0.4) is 0 Å². The van der Waals surface area contributed by atoms with Gasteiger partial charge in [-0.15, -0.1) is 0 Å². The van der Waals surface area contributed by atoms with E-state index in [9.17, 15) is 4.79 Å². The van der Waals surface area contributed by atoms with Gasteiger partial charge < -0.3 is 24.8 Å². The van der Waals surface area contributed by atoms with E-state index in [1.165, 1.54) is 12.4 Å². The number of benzene rings is 2. The highest BCUT2D eigenvalue weighted by atomic mass is 16.6. The van der Waals surface area contributed by atoms with Crippen molar-refractivity contribution < 1.29 is 19.0 Å². The minimum absolute atomic E-state index is 0.200. The first-order chi connectivity index (χ1) is 13.7. The Morgan fingerprint density at radius 2 is 1.86 bits per heavy atom. The number of fused-ring (bicyclic) bond motifs is 1. The van der Waals surface area contributed by atoms with Crippen LogP contribution in [0, 0.1) is 0 Å². The van der Waals surface area contributed by atoms with Crippen molar-refractivity contribution in [2.45, 2.75) is 0 Å². The SMILES string of the molecule is COc1cccc(Nc2cnc(C(=O)Nc3ccc4c(c3)OCCO4)cn2)c1. The van der Waals surface area contributed by atoms with E-state index in [0.29, 0.717) is 36.2 Å². The van der Waals surface area contributed by atoms with Gasteiger partial charge in [-0.25, -0.2) is 9.97 Å². The van der Waals surface area contributed by atoms with Gasteiger partial charge in [0.15, 0.2) is 11.5 Å². The zero-order chi connectivity index (χ0) is 19.3. The zero-order valence-electron chi connectivity index (χ0n) is 15.1. The van der Waals surface area contributed by atoms with Gasteiger partial charge in [-0.3, -0.25) is 4.79 Å². The lowest BCUT2D eigenvalue weighted by atomic mass is 10.2. The van der Waals surface area contributed by atoms with Crippen LogP contribution in [-0.4, -0.2) is 36.2 Å². The number of nitrogens with zero attached hydrogens (tertiary/aromatic N) is 2. The molecule has 4 rings (SSSR count). The topological polar surface area (TPSA) is 94.6 Å². The Morgan fingerprint density at radius 1 is 1.00 bits per heavy atom. The summed E-state index contributed by atoms with van der Waals surface area (Å²) < 4.78 is 16.2. The third kappa shape index (κ3) is 3.96. The molecule has 0 atom stereocenters. The highest BCUT2D eigenvalue weighted by Crippen LogP contribution is 2.32. The summed E-state index contributed by atoms with van der Waals surface area (Å²) >= 11 is 0. The van der Waals surface area contributed by atoms with Crippen molar-refractivity contribution in [3.05, 3.63) is 60.6 Å². The summed E-state index contributed by atoms with van der Waals surface area (Å²) in [6, 6.07) is 12.7. The second-order valence-electron chi connectivity index (χ2n) is 5.96. The maximum Gasteiger partial charge on any atom is 0.275 e. The number of nitrogens with one attached hydrogen (secondary N) is 2. The number of anilines is 3. The van der Waals surface area contributed by atoms with Crippen LogP contribution in [-0.2, 0) is 0 Å². The molecule has 1 amide bonds. The quantitative estimate of drug-likeness (QED) is 0.704. The predicted molar refractivity (Wildman–Crippen MR) is 104 cm³/mol. The van der Waals surface area contributed by atoms with Crippen molar-refractivity contribution in [3.63, 3.8) is 0 Å². The minimum Gasteiger partial charge on any atom is -0.497 e. The molecule has 1 aromatic heterocycles. The molecule has 8 heteroatoms. The molecule has 3 aromatic rings. The second kappa shape index (κ2) is 7.83. The molecule has 2 N–H and O–H groups in total. The summed E-state index contributed by atoms with van der Waals surface area (Å²) in [5.74, 6) is 2.15. The molecule has 1 aliphatic heterocycles. The third-order valence-corrected chi connectivity index (χ3v) is 4.03. The van der Waals surface area contributed by atoms with Gasteiger partial charge in [-0.1, -0.05) is 6.07 Å². The van der Waals surface area contributed by atoms with Crippen molar-refractivity contribution in [1.29, 1.82) is 0 Å². The van der Waals surface area contributed by atoms with Gasteiger partial charge in [0.2, 0.25) is 0 Å². The molecule has 8 nitrogen and oxygen atoms in total. The first-order valence-corrected chi connectivity index (χ1v) is 8.65. The maximum atomic E-state index is 12.4. The summed E-state index contributed by atoms with van der Waals surface area (Å²) in [4.78, 5) is 20.8. The largest absolute Gasteiger partial charge is 0.497 e. The molecule has 0 saturated heterocycles. The average Bonchev–Trinajstić information content (AvgIpc) is 2.74. The van der Waals surface area contributed by atoms with E-state index >= 15 is 0 Å². The van der Waals surface area contributed by atoms with Crippen molar-refractivity contribution in [2.24, 2.45) is 0 Å². The van der Waals surface area contributed by atoms with Gasteiger partial charge in [0, 0.05) is 23.5 Å². The molecular formula is C20H18N4O4. The molecule has 2 aromatic carbocycles. The fourth-order valence-corrected chi connectivity index (χ4v) is 2.67. The van der Waals surface area contributed by atoms with Crippen LogP contribution in [0.4, 0.5) is 17.2 Å². The van der Waals surface area contributed by atoms with Gasteiger partial charge in [-0.2, -0.15) is 0 Å². The minimum atomic E-state index is -0.364. The van der Waals surface area contributed by atoms with E-state index in [4.69, 9.17) is 14.2 Å². The summed E-state index contributed by atoms with van der Waals surface area (Å²) in [6.07, 6.45) is 2.91. The lowest BCUT2D eigenvalue weighted by molar-refractivity contribution is 0.102. The summed E-state index contributed by atoms with van der Waals surface area (Å²) in [5, 5.41) is 5.89. The Hall–Kier alpha value is -3.81. The number of hydrogen-bond donors (Lipinski definition) is 2. The van der Waals surface area contributed by atoms with Crippen LogP contribution in [0.25, 0.3) is 0 Å². The van der Waals surface area contributed by atoms with Gasteiger partial charge in [-0.05, 0) is 24.3 Å². The first kappa shape index (κ1) is 17.6. The van der Waals surface area contributed by atoms with Crippen LogP contribution in [0.2, 0.25) is 0 Å². The third-order valence-electron chi connectivity index (χ3n) is 4.03. The molecule has 0 fully saturated rings. The Kier molecular flexibility index (Phi) is 4.92. The monoisotopic (exact) mass is 378 g/mol. The summed E-state index contributed by atoms with van der Waals surface area (Å²) in [7, 11) is 1.61. The highest BCUT2D eigenvalue weighted by molar-refractivity contribution is 6.02. The van der Waals surface area contributed by atoms with Gasteiger partial charge >= 0.3 is 0 Å². The molecule has 2 heterocycles.